The van der Waals surface area contributed by atoms with Crippen LogP contribution in [0.5, 0.6) is 0 Å². The lowest BCUT2D eigenvalue weighted by Crippen LogP contribution is -2.06. The van der Waals surface area contributed by atoms with Gasteiger partial charge in [0, 0.05) is 18.9 Å². The normalized spacial score (nSPS) is 22.0. The Morgan fingerprint density at radius 3 is 3.00 bits per heavy atom. The number of carboxylic acid groups (broad SMARTS) is 1. The lowest BCUT2D eigenvalue weighted by atomic mass is 10.1. The Labute approximate surface area is 99.1 Å². The molecule has 0 amide bonds. The molecule has 1 N–H and O–H groups in total. The minimum Gasteiger partial charge on any atom is -0.481 e. The molecule has 0 radical (unpaired) electrons. The summed E-state index contributed by atoms with van der Waals surface area (Å²) in [4.78, 5) is 14.7. The van der Waals surface area contributed by atoms with E-state index in [1.807, 2.05) is 6.20 Å². The van der Waals surface area contributed by atoms with E-state index in [1.54, 1.807) is 6.20 Å². The van der Waals surface area contributed by atoms with E-state index in [1.165, 1.54) is 18.2 Å². The first-order valence-electron chi connectivity index (χ1n) is 5.35. The summed E-state index contributed by atoms with van der Waals surface area (Å²) >= 11 is 1.28. The SMILES string of the molecule is CC1(C)CC1Cn1ccnc1SCC(=O)O. The van der Waals surface area contributed by atoms with Gasteiger partial charge in [-0.2, -0.15) is 0 Å². The summed E-state index contributed by atoms with van der Waals surface area (Å²) in [6, 6.07) is 0. The molecule has 2 rings (SSSR count). The Morgan fingerprint density at radius 2 is 2.44 bits per heavy atom. The fourth-order valence-corrected chi connectivity index (χ4v) is 2.52. The molecule has 0 aromatic carbocycles. The quantitative estimate of drug-likeness (QED) is 0.801. The topological polar surface area (TPSA) is 55.1 Å². The molecule has 88 valence electrons. The number of carboxylic acids is 1. The molecular formula is C11H16N2O2S. The van der Waals surface area contributed by atoms with Gasteiger partial charge in [0.15, 0.2) is 5.16 Å². The molecule has 4 nitrogen and oxygen atoms in total. The van der Waals surface area contributed by atoms with Crippen LogP contribution in [0.2, 0.25) is 0 Å². The predicted molar refractivity (Wildman–Crippen MR) is 62.5 cm³/mol. The fourth-order valence-electron chi connectivity index (χ4n) is 1.83. The summed E-state index contributed by atoms with van der Waals surface area (Å²) in [6.45, 7) is 5.48. The van der Waals surface area contributed by atoms with Gasteiger partial charge in [0.05, 0.1) is 5.75 Å². The van der Waals surface area contributed by atoms with E-state index in [0.29, 0.717) is 11.3 Å². The fraction of sp³-hybridized carbons (Fsp3) is 0.636. The summed E-state index contributed by atoms with van der Waals surface area (Å²) in [5.74, 6) is -0.0254. The molecule has 5 heteroatoms. The van der Waals surface area contributed by atoms with E-state index in [0.717, 1.165) is 11.7 Å². The van der Waals surface area contributed by atoms with Gasteiger partial charge in [0.1, 0.15) is 0 Å². The Balaban J connectivity index is 1.94. The van der Waals surface area contributed by atoms with Crippen molar-refractivity contribution in [3.05, 3.63) is 12.4 Å². The van der Waals surface area contributed by atoms with E-state index in [2.05, 4.69) is 23.4 Å². The van der Waals surface area contributed by atoms with Crippen molar-refractivity contribution < 1.29 is 9.90 Å². The van der Waals surface area contributed by atoms with Gasteiger partial charge in [-0.05, 0) is 17.8 Å². The summed E-state index contributed by atoms with van der Waals surface area (Å²) in [7, 11) is 0. The average Bonchev–Trinajstić information content (AvgIpc) is 2.60. The second kappa shape index (κ2) is 4.13. The van der Waals surface area contributed by atoms with Crippen molar-refractivity contribution in [3.8, 4) is 0 Å². The largest absolute Gasteiger partial charge is 0.481 e. The smallest absolute Gasteiger partial charge is 0.313 e. The van der Waals surface area contributed by atoms with Crippen molar-refractivity contribution in [1.29, 1.82) is 0 Å². The monoisotopic (exact) mass is 240 g/mol. The molecule has 1 aliphatic rings. The highest BCUT2D eigenvalue weighted by atomic mass is 32.2. The maximum Gasteiger partial charge on any atom is 0.313 e. The highest BCUT2D eigenvalue weighted by molar-refractivity contribution is 7.99. The summed E-state index contributed by atoms with van der Waals surface area (Å²) in [5, 5.41) is 9.43. The van der Waals surface area contributed by atoms with Crippen molar-refractivity contribution in [1.82, 2.24) is 9.55 Å². The molecule has 0 aliphatic heterocycles. The zero-order valence-corrected chi connectivity index (χ0v) is 10.3. The highest BCUT2D eigenvalue weighted by Gasteiger charge is 2.45. The van der Waals surface area contributed by atoms with E-state index >= 15 is 0 Å². The van der Waals surface area contributed by atoms with Crippen LogP contribution in [0.4, 0.5) is 0 Å². The van der Waals surface area contributed by atoms with Crippen molar-refractivity contribution >= 4 is 17.7 Å². The Kier molecular flexibility index (Phi) is 2.97. The molecule has 1 aromatic heterocycles. The second-order valence-electron chi connectivity index (χ2n) is 4.93. The number of aliphatic carboxylic acids is 1. The van der Waals surface area contributed by atoms with Crippen molar-refractivity contribution in [2.75, 3.05) is 5.75 Å². The number of hydrogen-bond donors (Lipinski definition) is 1. The molecule has 1 unspecified atom stereocenters. The van der Waals surface area contributed by atoms with Crippen LogP contribution in [0.3, 0.4) is 0 Å². The van der Waals surface area contributed by atoms with Gasteiger partial charge in [-0.25, -0.2) is 4.98 Å². The minimum atomic E-state index is -0.800. The van der Waals surface area contributed by atoms with Gasteiger partial charge in [-0.1, -0.05) is 25.6 Å². The number of carbonyl (C=O) groups is 1. The molecule has 0 spiro atoms. The van der Waals surface area contributed by atoms with Crippen LogP contribution in [-0.2, 0) is 11.3 Å². The summed E-state index contributed by atoms with van der Waals surface area (Å²) in [6.07, 6.45) is 4.91. The number of imidazole rings is 1. The average molecular weight is 240 g/mol. The van der Waals surface area contributed by atoms with E-state index in [9.17, 15) is 4.79 Å². The molecule has 0 saturated heterocycles. The third kappa shape index (κ3) is 2.58. The van der Waals surface area contributed by atoms with Crippen molar-refractivity contribution in [2.45, 2.75) is 32.0 Å². The van der Waals surface area contributed by atoms with Crippen LogP contribution < -0.4 is 0 Å². The second-order valence-corrected chi connectivity index (χ2v) is 5.88. The molecule has 1 heterocycles. The molecule has 1 saturated carbocycles. The molecule has 1 atom stereocenters. The Bertz CT molecular complexity index is 400. The van der Waals surface area contributed by atoms with E-state index < -0.39 is 5.97 Å². The standard InChI is InChI=1S/C11H16N2O2S/c1-11(2)5-8(11)6-13-4-3-12-10(13)16-7-9(14)15/h3-4,8H,5-7H2,1-2H3,(H,14,15). The Hall–Kier alpha value is -0.970. The van der Waals surface area contributed by atoms with Crippen LogP contribution in [0.15, 0.2) is 17.6 Å². The number of nitrogens with zero attached hydrogens (tertiary/aromatic N) is 2. The Morgan fingerprint density at radius 1 is 1.75 bits per heavy atom. The molecular weight excluding hydrogens is 224 g/mol. The van der Waals surface area contributed by atoms with Gasteiger partial charge >= 0.3 is 5.97 Å². The van der Waals surface area contributed by atoms with Crippen LogP contribution in [0.1, 0.15) is 20.3 Å². The van der Waals surface area contributed by atoms with Crippen LogP contribution in [0, 0.1) is 11.3 Å². The highest BCUT2D eigenvalue weighted by Crippen LogP contribution is 2.52. The third-order valence-electron chi connectivity index (χ3n) is 3.14. The van der Waals surface area contributed by atoms with Gasteiger partial charge in [0.2, 0.25) is 0 Å². The minimum absolute atomic E-state index is 0.0745. The maximum atomic E-state index is 10.5. The van der Waals surface area contributed by atoms with Crippen LogP contribution >= 0.6 is 11.8 Å². The third-order valence-corrected chi connectivity index (χ3v) is 4.13. The number of aromatic nitrogens is 2. The van der Waals surface area contributed by atoms with Crippen molar-refractivity contribution in [2.24, 2.45) is 11.3 Å². The number of thioether (sulfide) groups is 1. The van der Waals surface area contributed by atoms with Crippen LogP contribution in [0.25, 0.3) is 0 Å². The van der Waals surface area contributed by atoms with Gasteiger partial charge in [-0.15, -0.1) is 0 Å². The first kappa shape index (κ1) is 11.5. The molecule has 1 fully saturated rings. The zero-order valence-electron chi connectivity index (χ0n) is 9.51. The summed E-state index contributed by atoms with van der Waals surface area (Å²) in [5.41, 5.74) is 0.443. The lowest BCUT2D eigenvalue weighted by molar-refractivity contribution is -0.133. The zero-order chi connectivity index (χ0) is 11.8. The lowest BCUT2D eigenvalue weighted by Gasteiger charge is -2.07. The number of hydrogen-bond acceptors (Lipinski definition) is 3. The summed E-state index contributed by atoms with van der Waals surface area (Å²) < 4.78 is 2.06. The van der Waals surface area contributed by atoms with Gasteiger partial charge < -0.3 is 9.67 Å². The molecule has 0 bridgehead atoms. The van der Waals surface area contributed by atoms with E-state index in [-0.39, 0.29) is 5.75 Å². The molecule has 16 heavy (non-hydrogen) atoms. The first-order valence-corrected chi connectivity index (χ1v) is 6.33. The number of rotatable bonds is 5. The maximum absolute atomic E-state index is 10.5. The van der Waals surface area contributed by atoms with Gasteiger partial charge in [-0.3, -0.25) is 4.79 Å². The van der Waals surface area contributed by atoms with Gasteiger partial charge in [0.25, 0.3) is 0 Å². The molecule has 1 aliphatic carbocycles. The molecule has 1 aromatic rings. The first-order chi connectivity index (χ1) is 7.49. The van der Waals surface area contributed by atoms with Crippen LogP contribution in [-0.4, -0.2) is 26.4 Å². The predicted octanol–water partition coefficient (Wildman–Crippen LogP) is 2.11. The van der Waals surface area contributed by atoms with Crippen molar-refractivity contribution in [3.63, 3.8) is 0 Å². The van der Waals surface area contributed by atoms with E-state index in [4.69, 9.17) is 5.11 Å².